The highest BCUT2D eigenvalue weighted by Gasteiger charge is 2.45. The first-order valence-corrected chi connectivity index (χ1v) is 7.74. The molecule has 5 nitrogen and oxygen atoms in total. The number of amides is 2. The van der Waals surface area contributed by atoms with Gasteiger partial charge in [0.1, 0.15) is 12.2 Å². The molecule has 0 aromatic rings. The largest absolute Gasteiger partial charge is 0.361 e. The number of likely N-dealkylation sites (tertiary alicyclic amines) is 1. The topological polar surface area (TPSA) is 49.9 Å². The summed E-state index contributed by atoms with van der Waals surface area (Å²) in [5, 5.41) is 0. The van der Waals surface area contributed by atoms with Gasteiger partial charge in [0, 0.05) is 20.0 Å². The summed E-state index contributed by atoms with van der Waals surface area (Å²) in [5.74, 6) is 0.902. The van der Waals surface area contributed by atoms with Gasteiger partial charge in [-0.25, -0.2) is 0 Å². The van der Waals surface area contributed by atoms with Gasteiger partial charge in [0.2, 0.25) is 11.8 Å². The third-order valence-corrected chi connectivity index (χ3v) is 5.06. The molecule has 1 atom stereocenters. The highest BCUT2D eigenvalue weighted by atomic mass is 16.5. The number of carbonyl (C=O) groups excluding carboxylic acids is 2. The first-order valence-electron chi connectivity index (χ1n) is 7.74. The molecule has 5 heteroatoms. The second-order valence-electron chi connectivity index (χ2n) is 6.64. The quantitative estimate of drug-likeness (QED) is 0.759. The van der Waals surface area contributed by atoms with E-state index in [1.165, 1.54) is 25.7 Å². The maximum Gasteiger partial charge on any atom is 0.248 e. The van der Waals surface area contributed by atoms with Gasteiger partial charge < -0.3 is 14.5 Å². The van der Waals surface area contributed by atoms with Crippen molar-refractivity contribution in [1.82, 2.24) is 9.80 Å². The Labute approximate surface area is 120 Å². The van der Waals surface area contributed by atoms with Crippen LogP contribution in [0.25, 0.3) is 0 Å². The number of morpholine rings is 1. The van der Waals surface area contributed by atoms with Crippen molar-refractivity contribution in [2.45, 2.75) is 44.1 Å². The normalized spacial score (nSPS) is 31.6. The zero-order valence-corrected chi connectivity index (χ0v) is 12.3. The minimum absolute atomic E-state index is 0.0337. The lowest BCUT2D eigenvalue weighted by Gasteiger charge is -2.38. The van der Waals surface area contributed by atoms with Gasteiger partial charge in [-0.1, -0.05) is 12.8 Å². The van der Waals surface area contributed by atoms with Crippen LogP contribution >= 0.6 is 0 Å². The van der Waals surface area contributed by atoms with Crippen molar-refractivity contribution in [3.63, 3.8) is 0 Å². The lowest BCUT2D eigenvalue weighted by molar-refractivity contribution is -0.159. The molecular weight excluding hydrogens is 256 g/mol. The molecule has 1 spiro atoms. The molecule has 112 valence electrons. The highest BCUT2D eigenvalue weighted by molar-refractivity contribution is 5.79. The minimum Gasteiger partial charge on any atom is -0.361 e. The van der Waals surface area contributed by atoms with E-state index in [2.05, 4.69) is 0 Å². The maximum atomic E-state index is 12.4. The molecule has 1 saturated carbocycles. The van der Waals surface area contributed by atoms with Gasteiger partial charge in [0.25, 0.3) is 0 Å². The summed E-state index contributed by atoms with van der Waals surface area (Å²) >= 11 is 0. The fraction of sp³-hybridized carbons (Fsp3) is 0.867. The zero-order chi connectivity index (χ0) is 14.2. The summed E-state index contributed by atoms with van der Waals surface area (Å²) in [4.78, 5) is 27.5. The van der Waals surface area contributed by atoms with E-state index >= 15 is 0 Å². The number of likely N-dealkylation sites (N-methyl/N-ethyl adjacent to an activating group) is 1. The predicted molar refractivity (Wildman–Crippen MR) is 74.1 cm³/mol. The molecule has 0 aromatic heterocycles. The summed E-state index contributed by atoms with van der Waals surface area (Å²) in [5.41, 5.74) is -0.312. The van der Waals surface area contributed by atoms with Gasteiger partial charge in [-0.3, -0.25) is 9.59 Å². The smallest absolute Gasteiger partial charge is 0.248 e. The van der Waals surface area contributed by atoms with Crippen LogP contribution < -0.4 is 0 Å². The summed E-state index contributed by atoms with van der Waals surface area (Å²) in [6, 6.07) is 0. The molecule has 2 amide bonds. The van der Waals surface area contributed by atoms with Gasteiger partial charge >= 0.3 is 0 Å². The van der Waals surface area contributed by atoms with Crippen molar-refractivity contribution in [2.75, 3.05) is 33.3 Å². The average Bonchev–Trinajstić information content (AvgIpc) is 3.05. The van der Waals surface area contributed by atoms with Crippen molar-refractivity contribution in [3.05, 3.63) is 0 Å². The molecule has 3 aliphatic rings. The number of hydrogen-bond donors (Lipinski definition) is 0. The van der Waals surface area contributed by atoms with Gasteiger partial charge in [-0.05, 0) is 25.2 Å². The van der Waals surface area contributed by atoms with Gasteiger partial charge in [0.15, 0.2) is 0 Å². The van der Waals surface area contributed by atoms with E-state index < -0.39 is 0 Å². The summed E-state index contributed by atoms with van der Waals surface area (Å²) in [7, 11) is 1.82. The first-order chi connectivity index (χ1) is 9.58. The highest BCUT2D eigenvalue weighted by Crippen LogP contribution is 2.32. The summed E-state index contributed by atoms with van der Waals surface area (Å²) in [6.07, 6.45) is 6.51. The lowest BCUT2D eigenvalue weighted by atomic mass is 10.0. The summed E-state index contributed by atoms with van der Waals surface area (Å²) < 4.78 is 5.77. The second kappa shape index (κ2) is 5.35. The third-order valence-electron chi connectivity index (χ3n) is 5.06. The van der Waals surface area contributed by atoms with E-state index in [0.717, 1.165) is 13.0 Å². The summed E-state index contributed by atoms with van der Waals surface area (Å²) in [6.45, 7) is 2.18. The van der Waals surface area contributed by atoms with Gasteiger partial charge in [0.05, 0.1) is 13.1 Å². The van der Waals surface area contributed by atoms with Crippen LogP contribution in [-0.4, -0.2) is 60.5 Å². The van der Waals surface area contributed by atoms with Crippen LogP contribution in [0.3, 0.4) is 0 Å². The Morgan fingerprint density at radius 1 is 1.35 bits per heavy atom. The second-order valence-corrected chi connectivity index (χ2v) is 6.64. The third kappa shape index (κ3) is 2.68. The van der Waals surface area contributed by atoms with E-state index in [1.54, 1.807) is 4.90 Å². The van der Waals surface area contributed by atoms with Crippen molar-refractivity contribution in [2.24, 2.45) is 5.92 Å². The molecule has 1 unspecified atom stereocenters. The molecular formula is C15H24N2O3. The monoisotopic (exact) mass is 280 g/mol. The van der Waals surface area contributed by atoms with Crippen LogP contribution in [0, 0.1) is 5.92 Å². The van der Waals surface area contributed by atoms with Crippen LogP contribution in [0.2, 0.25) is 0 Å². The van der Waals surface area contributed by atoms with Crippen LogP contribution in [0.5, 0.6) is 0 Å². The Hall–Kier alpha value is -1.10. The van der Waals surface area contributed by atoms with E-state index in [-0.39, 0.29) is 24.0 Å². The number of nitrogens with zero attached hydrogens (tertiary/aromatic N) is 2. The number of carbonyl (C=O) groups is 2. The Kier molecular flexibility index (Phi) is 3.71. The van der Waals surface area contributed by atoms with Crippen molar-refractivity contribution < 1.29 is 14.3 Å². The van der Waals surface area contributed by atoms with Crippen molar-refractivity contribution in [3.8, 4) is 0 Å². The lowest BCUT2D eigenvalue weighted by Crippen LogP contribution is -2.54. The standard InChI is InChI=1S/C15H24N2O3/c1-16-10-15(20-9-14(16)19)6-7-17(11-15)13(18)8-12-4-2-3-5-12/h12H,2-11H2,1H3. The first kappa shape index (κ1) is 13.9. The van der Waals surface area contributed by atoms with Crippen molar-refractivity contribution >= 4 is 11.8 Å². The van der Waals surface area contributed by atoms with Gasteiger partial charge in [-0.2, -0.15) is 0 Å². The van der Waals surface area contributed by atoms with E-state index in [4.69, 9.17) is 4.74 Å². The van der Waals surface area contributed by atoms with E-state index in [0.29, 0.717) is 25.4 Å². The maximum absolute atomic E-state index is 12.4. The van der Waals surface area contributed by atoms with E-state index in [1.807, 2.05) is 11.9 Å². The number of hydrogen-bond acceptors (Lipinski definition) is 3. The van der Waals surface area contributed by atoms with Crippen molar-refractivity contribution in [1.29, 1.82) is 0 Å². The molecule has 20 heavy (non-hydrogen) atoms. The molecule has 1 aliphatic carbocycles. The Morgan fingerprint density at radius 3 is 2.80 bits per heavy atom. The Balaban J connectivity index is 1.56. The molecule has 2 heterocycles. The fourth-order valence-corrected chi connectivity index (χ4v) is 3.79. The predicted octanol–water partition coefficient (Wildman–Crippen LogP) is 1.03. The average molecular weight is 280 g/mol. The van der Waals surface area contributed by atoms with Gasteiger partial charge in [-0.15, -0.1) is 0 Å². The number of ether oxygens (including phenoxy) is 1. The zero-order valence-electron chi connectivity index (χ0n) is 12.3. The SMILES string of the molecule is CN1CC2(CCN(C(=O)CC3CCCC3)C2)OCC1=O. The van der Waals surface area contributed by atoms with Crippen LogP contribution in [0.1, 0.15) is 38.5 Å². The van der Waals surface area contributed by atoms with Crippen LogP contribution in [0.15, 0.2) is 0 Å². The molecule has 0 N–H and O–H groups in total. The molecule has 2 aliphatic heterocycles. The minimum atomic E-state index is -0.312. The molecule has 3 rings (SSSR count). The van der Waals surface area contributed by atoms with Crippen LogP contribution in [-0.2, 0) is 14.3 Å². The molecule has 2 saturated heterocycles. The molecule has 0 bridgehead atoms. The molecule has 3 fully saturated rings. The fourth-order valence-electron chi connectivity index (χ4n) is 3.79. The molecule has 0 aromatic carbocycles. The number of rotatable bonds is 2. The Bertz CT molecular complexity index is 406. The van der Waals surface area contributed by atoms with E-state index in [9.17, 15) is 9.59 Å². The Morgan fingerprint density at radius 2 is 2.10 bits per heavy atom. The van der Waals surface area contributed by atoms with Crippen LogP contribution in [0.4, 0.5) is 0 Å². The molecule has 0 radical (unpaired) electrons.